The lowest BCUT2D eigenvalue weighted by atomic mass is 9.91. The van der Waals surface area contributed by atoms with Crippen LogP contribution in [0.3, 0.4) is 0 Å². The normalized spacial score (nSPS) is 13.1. The Bertz CT molecular complexity index is 311. The fourth-order valence-electron chi connectivity index (χ4n) is 2.00. The third-order valence-corrected chi connectivity index (χ3v) is 4.19. The Kier molecular flexibility index (Phi) is 6.31. The minimum absolute atomic E-state index is 0.276. The molecule has 3 N–H and O–H groups in total. The smallest absolute Gasteiger partial charge is 0.0473 e. The molecule has 0 spiro atoms. The van der Waals surface area contributed by atoms with Crippen LogP contribution in [0.2, 0.25) is 0 Å². The number of hydrazine groups is 1. The standard InChI is InChI=1S/C13H21IN2/c1-3-10(4-2)9-13(16-15)11-7-5-6-8-12(11)14/h5-8,10,13,16H,3-4,9,15H2,1-2H3. The summed E-state index contributed by atoms with van der Waals surface area (Å²) in [5.41, 5.74) is 4.27. The molecular weight excluding hydrogens is 311 g/mol. The molecule has 3 heteroatoms. The molecule has 90 valence electrons. The number of benzene rings is 1. The zero-order valence-corrected chi connectivity index (χ0v) is 12.2. The molecule has 0 amide bonds. The highest BCUT2D eigenvalue weighted by atomic mass is 127. The van der Waals surface area contributed by atoms with Gasteiger partial charge in [0.15, 0.2) is 0 Å². The second-order valence-corrected chi connectivity index (χ2v) is 5.32. The first-order valence-corrected chi connectivity index (χ1v) is 7.01. The summed E-state index contributed by atoms with van der Waals surface area (Å²) >= 11 is 2.37. The molecule has 1 atom stereocenters. The van der Waals surface area contributed by atoms with Crippen LogP contribution in [0.5, 0.6) is 0 Å². The highest BCUT2D eigenvalue weighted by Gasteiger charge is 2.16. The number of rotatable bonds is 6. The molecule has 2 nitrogen and oxygen atoms in total. The Morgan fingerprint density at radius 1 is 1.25 bits per heavy atom. The molecule has 0 aliphatic rings. The number of nitrogens with two attached hydrogens (primary N) is 1. The zero-order valence-electron chi connectivity index (χ0n) is 10.0. The van der Waals surface area contributed by atoms with Crippen LogP contribution in [0.25, 0.3) is 0 Å². The maximum absolute atomic E-state index is 5.68. The van der Waals surface area contributed by atoms with E-state index in [0.717, 1.165) is 12.3 Å². The van der Waals surface area contributed by atoms with E-state index < -0.39 is 0 Å². The van der Waals surface area contributed by atoms with E-state index >= 15 is 0 Å². The fraction of sp³-hybridized carbons (Fsp3) is 0.538. The first-order chi connectivity index (χ1) is 7.72. The SMILES string of the molecule is CCC(CC)CC(NN)c1ccccc1I. The van der Waals surface area contributed by atoms with Crippen molar-refractivity contribution in [1.29, 1.82) is 0 Å². The summed E-state index contributed by atoms with van der Waals surface area (Å²) in [5, 5.41) is 0. The van der Waals surface area contributed by atoms with E-state index in [1.807, 2.05) is 0 Å². The average molecular weight is 332 g/mol. The van der Waals surface area contributed by atoms with Gasteiger partial charge in [0.25, 0.3) is 0 Å². The van der Waals surface area contributed by atoms with Gasteiger partial charge >= 0.3 is 0 Å². The molecule has 0 saturated carbocycles. The Morgan fingerprint density at radius 2 is 1.88 bits per heavy atom. The van der Waals surface area contributed by atoms with Crippen molar-refractivity contribution in [3.8, 4) is 0 Å². The minimum atomic E-state index is 0.276. The van der Waals surface area contributed by atoms with Gasteiger partial charge in [-0.05, 0) is 46.6 Å². The highest BCUT2D eigenvalue weighted by molar-refractivity contribution is 14.1. The zero-order chi connectivity index (χ0) is 12.0. The van der Waals surface area contributed by atoms with Crippen molar-refractivity contribution in [2.24, 2.45) is 11.8 Å². The second-order valence-electron chi connectivity index (χ2n) is 4.16. The molecule has 0 bridgehead atoms. The largest absolute Gasteiger partial charge is 0.271 e. The van der Waals surface area contributed by atoms with Crippen LogP contribution in [-0.4, -0.2) is 0 Å². The molecule has 1 aromatic rings. The van der Waals surface area contributed by atoms with E-state index in [9.17, 15) is 0 Å². The van der Waals surface area contributed by atoms with Crippen LogP contribution in [-0.2, 0) is 0 Å². The van der Waals surface area contributed by atoms with Crippen molar-refractivity contribution < 1.29 is 0 Å². The summed E-state index contributed by atoms with van der Waals surface area (Å²) in [5.74, 6) is 6.43. The summed E-state index contributed by atoms with van der Waals surface area (Å²) in [6, 6.07) is 8.71. The van der Waals surface area contributed by atoms with E-state index in [4.69, 9.17) is 5.84 Å². The predicted octanol–water partition coefficient (Wildman–Crippen LogP) is 3.62. The van der Waals surface area contributed by atoms with Gasteiger partial charge in [0.2, 0.25) is 0 Å². The van der Waals surface area contributed by atoms with Gasteiger partial charge in [0.1, 0.15) is 0 Å². The average Bonchev–Trinajstić information content (AvgIpc) is 2.32. The fourth-order valence-corrected chi connectivity index (χ4v) is 2.76. The third-order valence-electron chi connectivity index (χ3n) is 3.21. The monoisotopic (exact) mass is 332 g/mol. The van der Waals surface area contributed by atoms with Gasteiger partial charge in [-0.15, -0.1) is 0 Å². The van der Waals surface area contributed by atoms with Gasteiger partial charge in [-0.3, -0.25) is 11.3 Å². The molecule has 1 unspecified atom stereocenters. The van der Waals surface area contributed by atoms with Crippen molar-refractivity contribution in [1.82, 2.24) is 5.43 Å². The van der Waals surface area contributed by atoms with Gasteiger partial charge in [-0.25, -0.2) is 0 Å². The maximum Gasteiger partial charge on any atom is 0.0473 e. The molecule has 0 aliphatic carbocycles. The molecule has 0 heterocycles. The van der Waals surface area contributed by atoms with E-state index in [0.29, 0.717) is 0 Å². The molecule has 1 rings (SSSR count). The molecule has 0 aliphatic heterocycles. The lowest BCUT2D eigenvalue weighted by Crippen LogP contribution is -2.30. The van der Waals surface area contributed by atoms with Crippen molar-refractivity contribution in [3.63, 3.8) is 0 Å². The molecule has 1 aromatic carbocycles. The van der Waals surface area contributed by atoms with Crippen molar-refractivity contribution >= 4 is 22.6 Å². The van der Waals surface area contributed by atoms with Gasteiger partial charge in [-0.1, -0.05) is 44.9 Å². The van der Waals surface area contributed by atoms with Crippen molar-refractivity contribution in [2.75, 3.05) is 0 Å². The summed E-state index contributed by atoms with van der Waals surface area (Å²) < 4.78 is 1.29. The predicted molar refractivity (Wildman–Crippen MR) is 77.9 cm³/mol. The first kappa shape index (κ1) is 13.9. The van der Waals surface area contributed by atoms with Gasteiger partial charge in [-0.2, -0.15) is 0 Å². The minimum Gasteiger partial charge on any atom is -0.271 e. The Hall–Kier alpha value is -0.130. The molecular formula is C13H21IN2. The van der Waals surface area contributed by atoms with E-state index in [-0.39, 0.29) is 6.04 Å². The highest BCUT2D eigenvalue weighted by Crippen LogP contribution is 2.27. The van der Waals surface area contributed by atoms with Gasteiger partial charge in [0.05, 0.1) is 0 Å². The topological polar surface area (TPSA) is 38.0 Å². The Labute approximate surface area is 112 Å². The third kappa shape index (κ3) is 3.71. The Morgan fingerprint density at radius 3 is 2.38 bits per heavy atom. The maximum atomic E-state index is 5.68. The quantitative estimate of drug-likeness (QED) is 0.474. The van der Waals surface area contributed by atoms with Crippen LogP contribution in [0.15, 0.2) is 24.3 Å². The molecule has 0 radical (unpaired) electrons. The number of halogens is 1. The van der Waals surface area contributed by atoms with E-state index in [1.165, 1.54) is 22.0 Å². The molecule has 16 heavy (non-hydrogen) atoms. The molecule has 0 fully saturated rings. The summed E-state index contributed by atoms with van der Waals surface area (Å²) in [4.78, 5) is 0. The van der Waals surface area contributed by atoms with Crippen LogP contribution < -0.4 is 11.3 Å². The lowest BCUT2D eigenvalue weighted by molar-refractivity contribution is 0.374. The van der Waals surface area contributed by atoms with Crippen LogP contribution >= 0.6 is 22.6 Å². The van der Waals surface area contributed by atoms with E-state index in [2.05, 4.69) is 66.1 Å². The van der Waals surface area contributed by atoms with Gasteiger partial charge < -0.3 is 0 Å². The summed E-state index contributed by atoms with van der Waals surface area (Å²) in [7, 11) is 0. The lowest BCUT2D eigenvalue weighted by Gasteiger charge is -2.22. The number of nitrogens with one attached hydrogen (secondary N) is 1. The van der Waals surface area contributed by atoms with Crippen LogP contribution in [0.1, 0.15) is 44.7 Å². The number of hydrogen-bond donors (Lipinski definition) is 2. The molecule has 0 aromatic heterocycles. The second kappa shape index (κ2) is 7.25. The Balaban J connectivity index is 2.78. The summed E-state index contributed by atoms with van der Waals surface area (Å²) in [6.07, 6.45) is 3.56. The van der Waals surface area contributed by atoms with Crippen LogP contribution in [0.4, 0.5) is 0 Å². The first-order valence-electron chi connectivity index (χ1n) is 5.93. The van der Waals surface area contributed by atoms with Crippen molar-refractivity contribution in [3.05, 3.63) is 33.4 Å². The molecule has 0 saturated heterocycles. The van der Waals surface area contributed by atoms with E-state index in [1.54, 1.807) is 0 Å². The number of hydrogen-bond acceptors (Lipinski definition) is 2. The summed E-state index contributed by atoms with van der Waals surface area (Å²) in [6.45, 7) is 4.50. The van der Waals surface area contributed by atoms with Crippen LogP contribution in [0, 0.1) is 9.49 Å². The van der Waals surface area contributed by atoms with Gasteiger partial charge in [0, 0.05) is 9.61 Å². The van der Waals surface area contributed by atoms with Crippen molar-refractivity contribution in [2.45, 2.75) is 39.2 Å².